The molecule has 1 amide bonds. The quantitative estimate of drug-likeness (QED) is 0.666. The number of halogens is 1. The van der Waals surface area contributed by atoms with Crippen LogP contribution in [-0.4, -0.2) is 18.5 Å². The molecule has 11 heavy (non-hydrogen) atoms. The highest BCUT2D eigenvalue weighted by Crippen LogP contribution is 1.87. The molecule has 0 saturated heterocycles. The van der Waals surface area contributed by atoms with Crippen LogP contribution in [0.5, 0.6) is 0 Å². The fourth-order valence-corrected chi connectivity index (χ4v) is 0.466. The Bertz CT molecular complexity index is 115. The zero-order chi connectivity index (χ0) is 8.15. The number of rotatable bonds is 3. The Labute approximate surface area is 74.1 Å². The van der Waals surface area contributed by atoms with Gasteiger partial charge in [-0.2, -0.15) is 0 Å². The van der Waals surface area contributed by atoms with E-state index in [-0.39, 0.29) is 18.3 Å². The minimum absolute atomic E-state index is 0. The normalized spacial score (nSPS) is 12.1. The van der Waals surface area contributed by atoms with E-state index in [9.17, 15) is 4.79 Å². The summed E-state index contributed by atoms with van der Waals surface area (Å²) in [5.74, 6) is 0.413. The van der Waals surface area contributed by atoms with Crippen molar-refractivity contribution in [3.8, 4) is 0 Å². The first-order chi connectivity index (χ1) is 4.54. The van der Waals surface area contributed by atoms with E-state index >= 15 is 0 Å². The lowest BCUT2D eigenvalue weighted by molar-refractivity contribution is -0.122. The van der Waals surface area contributed by atoms with Gasteiger partial charge in [-0.3, -0.25) is 4.79 Å². The van der Waals surface area contributed by atoms with Crippen molar-refractivity contribution < 1.29 is 4.79 Å². The van der Waals surface area contributed by atoms with Gasteiger partial charge < -0.3 is 11.1 Å². The van der Waals surface area contributed by atoms with Gasteiger partial charge in [0.1, 0.15) is 0 Å². The molecule has 4 heteroatoms. The second kappa shape index (κ2) is 6.43. The van der Waals surface area contributed by atoms with Crippen LogP contribution in [0.15, 0.2) is 0 Å². The van der Waals surface area contributed by atoms with E-state index in [1.807, 2.05) is 13.8 Å². The molecule has 0 fully saturated rings. The molecule has 0 unspecified atom stereocenters. The van der Waals surface area contributed by atoms with E-state index in [1.165, 1.54) is 0 Å². The highest BCUT2D eigenvalue weighted by atomic mass is 35.5. The molecule has 0 aliphatic carbocycles. The van der Waals surface area contributed by atoms with Crippen molar-refractivity contribution in [1.82, 2.24) is 5.32 Å². The average Bonchev–Trinajstić information content (AvgIpc) is 1.82. The van der Waals surface area contributed by atoms with Crippen molar-refractivity contribution in [3.63, 3.8) is 0 Å². The minimum atomic E-state index is -0.390. The summed E-state index contributed by atoms with van der Waals surface area (Å²) in [6.07, 6.45) is 0. The summed E-state index contributed by atoms with van der Waals surface area (Å²) in [6, 6.07) is -0.390. The van der Waals surface area contributed by atoms with E-state index in [0.29, 0.717) is 12.5 Å². The minimum Gasteiger partial charge on any atom is -0.355 e. The Morgan fingerprint density at radius 1 is 1.45 bits per heavy atom. The molecule has 0 radical (unpaired) electrons. The van der Waals surface area contributed by atoms with Crippen LogP contribution in [0, 0.1) is 5.92 Å². The molecule has 0 saturated carbocycles. The van der Waals surface area contributed by atoms with Crippen LogP contribution >= 0.6 is 12.4 Å². The lowest BCUT2D eigenvalue weighted by Gasteiger charge is -2.08. The topological polar surface area (TPSA) is 55.1 Å². The van der Waals surface area contributed by atoms with Crippen LogP contribution in [0.25, 0.3) is 0 Å². The summed E-state index contributed by atoms with van der Waals surface area (Å²) in [5.41, 5.74) is 5.31. The lowest BCUT2D eigenvalue weighted by atomic mass is 10.2. The Balaban J connectivity index is 0. The summed E-state index contributed by atoms with van der Waals surface area (Å²) in [6.45, 7) is 6.47. The highest BCUT2D eigenvalue weighted by Gasteiger charge is 2.05. The summed E-state index contributed by atoms with van der Waals surface area (Å²) in [7, 11) is 0. The zero-order valence-electron chi connectivity index (χ0n) is 7.26. The van der Waals surface area contributed by atoms with Crippen LogP contribution in [0.1, 0.15) is 20.8 Å². The van der Waals surface area contributed by atoms with Gasteiger partial charge >= 0.3 is 0 Å². The molecule has 3 N–H and O–H groups in total. The Morgan fingerprint density at radius 3 is 2.18 bits per heavy atom. The molecule has 0 rings (SSSR count). The highest BCUT2D eigenvalue weighted by molar-refractivity contribution is 5.85. The maximum atomic E-state index is 10.8. The van der Waals surface area contributed by atoms with E-state index < -0.39 is 6.04 Å². The van der Waals surface area contributed by atoms with Crippen molar-refractivity contribution in [2.45, 2.75) is 26.8 Å². The number of hydrogen-bond donors (Lipinski definition) is 2. The summed E-state index contributed by atoms with van der Waals surface area (Å²) in [4.78, 5) is 10.8. The molecule has 0 heterocycles. The van der Waals surface area contributed by atoms with Crippen LogP contribution < -0.4 is 11.1 Å². The van der Waals surface area contributed by atoms with Crippen LogP contribution in [-0.2, 0) is 4.79 Å². The molecule has 0 spiro atoms. The van der Waals surface area contributed by atoms with Crippen molar-refractivity contribution in [2.24, 2.45) is 11.7 Å². The number of nitrogens with two attached hydrogens (primary N) is 1. The molecule has 3 nitrogen and oxygen atoms in total. The maximum absolute atomic E-state index is 10.8. The number of amides is 1. The lowest BCUT2D eigenvalue weighted by Crippen LogP contribution is -2.39. The predicted octanol–water partition coefficient (Wildman–Crippen LogP) is 0.528. The molecule has 0 aliphatic rings. The second-order valence-corrected chi connectivity index (χ2v) is 2.93. The van der Waals surface area contributed by atoms with E-state index in [0.717, 1.165) is 0 Å². The van der Waals surface area contributed by atoms with Gasteiger partial charge in [0, 0.05) is 6.54 Å². The standard InChI is InChI=1S/C7H16N2O.ClH/c1-5(2)4-9-7(10)6(3)8;/h5-6H,4,8H2,1-3H3,(H,9,10);1H/t6-;/m0./s1. The molecule has 0 aromatic heterocycles. The molecule has 0 aliphatic heterocycles. The van der Waals surface area contributed by atoms with Crippen molar-refractivity contribution in [3.05, 3.63) is 0 Å². The van der Waals surface area contributed by atoms with Crippen molar-refractivity contribution >= 4 is 18.3 Å². The molecule has 0 aromatic carbocycles. The van der Waals surface area contributed by atoms with Crippen LogP contribution in [0.2, 0.25) is 0 Å². The van der Waals surface area contributed by atoms with Gasteiger partial charge in [-0.1, -0.05) is 13.8 Å². The van der Waals surface area contributed by atoms with Crippen LogP contribution in [0.4, 0.5) is 0 Å². The average molecular weight is 181 g/mol. The van der Waals surface area contributed by atoms with Gasteiger partial charge in [-0.25, -0.2) is 0 Å². The van der Waals surface area contributed by atoms with Crippen LogP contribution in [0.3, 0.4) is 0 Å². The van der Waals surface area contributed by atoms with E-state index in [1.54, 1.807) is 6.92 Å². The summed E-state index contributed by atoms with van der Waals surface area (Å²) < 4.78 is 0. The number of carbonyl (C=O) groups is 1. The smallest absolute Gasteiger partial charge is 0.236 e. The largest absolute Gasteiger partial charge is 0.355 e. The fraction of sp³-hybridized carbons (Fsp3) is 0.857. The number of nitrogens with one attached hydrogen (secondary N) is 1. The van der Waals surface area contributed by atoms with Crippen molar-refractivity contribution in [1.29, 1.82) is 0 Å². The third-order valence-electron chi connectivity index (χ3n) is 1.10. The third-order valence-corrected chi connectivity index (χ3v) is 1.10. The molecule has 0 aromatic rings. The molecular weight excluding hydrogens is 164 g/mol. The van der Waals surface area contributed by atoms with Crippen molar-refractivity contribution in [2.75, 3.05) is 6.54 Å². The number of carbonyl (C=O) groups excluding carboxylic acids is 1. The predicted molar refractivity (Wildman–Crippen MR) is 48.7 cm³/mol. The molecule has 0 bridgehead atoms. The first-order valence-electron chi connectivity index (χ1n) is 3.57. The summed E-state index contributed by atoms with van der Waals surface area (Å²) >= 11 is 0. The Hall–Kier alpha value is -0.280. The fourth-order valence-electron chi connectivity index (χ4n) is 0.466. The maximum Gasteiger partial charge on any atom is 0.236 e. The third kappa shape index (κ3) is 7.62. The van der Waals surface area contributed by atoms with E-state index in [4.69, 9.17) is 5.73 Å². The van der Waals surface area contributed by atoms with Gasteiger partial charge in [0.25, 0.3) is 0 Å². The summed E-state index contributed by atoms with van der Waals surface area (Å²) in [5, 5.41) is 2.72. The Morgan fingerprint density at radius 2 is 1.91 bits per heavy atom. The van der Waals surface area contributed by atoms with Gasteiger partial charge in [-0.15, -0.1) is 12.4 Å². The first-order valence-corrected chi connectivity index (χ1v) is 3.57. The number of hydrogen-bond acceptors (Lipinski definition) is 2. The first kappa shape index (κ1) is 13.3. The zero-order valence-corrected chi connectivity index (χ0v) is 8.07. The molecular formula is C7H17ClN2O. The van der Waals surface area contributed by atoms with Gasteiger partial charge in [0.05, 0.1) is 6.04 Å². The second-order valence-electron chi connectivity index (χ2n) is 2.93. The van der Waals surface area contributed by atoms with E-state index in [2.05, 4.69) is 5.32 Å². The molecule has 1 atom stereocenters. The van der Waals surface area contributed by atoms with Gasteiger partial charge in [0.15, 0.2) is 0 Å². The monoisotopic (exact) mass is 180 g/mol. The van der Waals surface area contributed by atoms with Gasteiger partial charge in [0.2, 0.25) is 5.91 Å². The molecule has 68 valence electrons. The van der Waals surface area contributed by atoms with Gasteiger partial charge in [-0.05, 0) is 12.8 Å². The SMILES string of the molecule is CC(C)CNC(=O)[C@H](C)N.Cl. The Kier molecular flexibility index (Phi) is 7.79.